The van der Waals surface area contributed by atoms with E-state index in [1.165, 1.54) is 0 Å². The van der Waals surface area contributed by atoms with Crippen LogP contribution in [0.5, 0.6) is 0 Å². The molecule has 0 radical (unpaired) electrons. The van der Waals surface area contributed by atoms with Crippen molar-refractivity contribution in [2.24, 2.45) is 5.16 Å². The molecule has 0 fully saturated rings. The molecule has 0 aliphatic carbocycles. The first-order valence-corrected chi connectivity index (χ1v) is 1.34. The quantitative estimate of drug-likeness (QED) is 0.307. The second-order valence-corrected chi connectivity index (χ2v) is 0.723. The number of hydrogen-bond acceptors (Lipinski definition) is 2. The van der Waals surface area contributed by atoms with Crippen LogP contribution in [0.15, 0.2) is 5.16 Å². The van der Waals surface area contributed by atoms with Crippen molar-refractivity contribution in [1.29, 1.82) is 0 Å². The lowest BCUT2D eigenvalue weighted by atomic mass is 10.7. The van der Waals surface area contributed by atoms with E-state index < -0.39 is 12.4 Å². The van der Waals surface area contributed by atoms with Crippen molar-refractivity contribution < 1.29 is 18.4 Å². The van der Waals surface area contributed by atoms with Crippen LogP contribution in [0.3, 0.4) is 0 Å². The van der Waals surface area contributed by atoms with Crippen molar-refractivity contribution in [2.45, 2.75) is 6.43 Å². The Morgan fingerprint density at radius 1 is 1.57 bits per heavy atom. The fraction of sp³-hybridized carbons (Fsp3) is 0.500. The van der Waals surface area contributed by atoms with Crippen LogP contribution < -0.4 is 0 Å². The molecule has 0 unspecified atom stereocenters. The van der Waals surface area contributed by atoms with Gasteiger partial charge in [0.15, 0.2) is 0 Å². The Bertz CT molecular complexity index is 81.0. The summed E-state index contributed by atoms with van der Waals surface area (Å²) in [6.45, 7) is 0. The Balaban J connectivity index is 3.56. The molecule has 0 aromatic rings. The molecule has 0 aliphatic rings. The maximum Gasteiger partial charge on any atom is 0.310 e. The standard InChI is InChI=1S/C2H2F3NO/c3-1(4)2(5)6-7/h1,7H. The second-order valence-electron chi connectivity index (χ2n) is 0.723. The van der Waals surface area contributed by atoms with Crippen LogP contribution in [0, 0.1) is 0 Å². The molecule has 2 nitrogen and oxygen atoms in total. The molecule has 0 saturated heterocycles. The van der Waals surface area contributed by atoms with Crippen LogP contribution >= 0.6 is 0 Å². The molecular weight excluding hydrogens is 111 g/mol. The van der Waals surface area contributed by atoms with Crippen LogP contribution in [-0.2, 0) is 0 Å². The van der Waals surface area contributed by atoms with Gasteiger partial charge in [0.25, 0.3) is 5.97 Å². The van der Waals surface area contributed by atoms with E-state index in [1.807, 2.05) is 0 Å². The smallest absolute Gasteiger partial charge is 0.310 e. The first-order chi connectivity index (χ1) is 3.18. The van der Waals surface area contributed by atoms with Crippen LogP contribution in [-0.4, -0.2) is 17.6 Å². The molecule has 0 aromatic carbocycles. The molecule has 0 amide bonds. The first kappa shape index (κ1) is 6.26. The van der Waals surface area contributed by atoms with Gasteiger partial charge in [-0.1, -0.05) is 5.16 Å². The Hall–Kier alpha value is -0.740. The van der Waals surface area contributed by atoms with Crippen LogP contribution in [0.25, 0.3) is 0 Å². The van der Waals surface area contributed by atoms with Gasteiger partial charge in [-0.15, -0.1) is 0 Å². The Morgan fingerprint density at radius 3 is 2.00 bits per heavy atom. The van der Waals surface area contributed by atoms with Gasteiger partial charge in [-0.05, 0) is 0 Å². The Kier molecular flexibility index (Phi) is 2.18. The molecule has 5 heteroatoms. The lowest BCUT2D eigenvalue weighted by Crippen LogP contribution is -2.01. The van der Waals surface area contributed by atoms with Gasteiger partial charge in [0, 0.05) is 0 Å². The van der Waals surface area contributed by atoms with Crippen molar-refractivity contribution in [3.8, 4) is 0 Å². The molecule has 0 aromatic heterocycles. The minimum absolute atomic E-state index is 1.59. The molecule has 0 rings (SSSR count). The summed E-state index contributed by atoms with van der Waals surface area (Å²) < 4.78 is 32.5. The van der Waals surface area contributed by atoms with Gasteiger partial charge in [-0.2, -0.15) is 4.39 Å². The van der Waals surface area contributed by atoms with Crippen molar-refractivity contribution in [1.82, 2.24) is 0 Å². The summed E-state index contributed by atoms with van der Waals surface area (Å²) in [4.78, 5) is 0. The Labute approximate surface area is 37.2 Å². The van der Waals surface area contributed by atoms with Gasteiger partial charge in [-0.3, -0.25) is 0 Å². The van der Waals surface area contributed by atoms with E-state index in [1.54, 1.807) is 5.16 Å². The van der Waals surface area contributed by atoms with Gasteiger partial charge >= 0.3 is 6.43 Å². The highest BCUT2D eigenvalue weighted by atomic mass is 19.3. The van der Waals surface area contributed by atoms with Gasteiger partial charge < -0.3 is 5.21 Å². The topological polar surface area (TPSA) is 32.6 Å². The van der Waals surface area contributed by atoms with Crippen LogP contribution in [0.4, 0.5) is 13.2 Å². The van der Waals surface area contributed by atoms with Crippen LogP contribution in [0.1, 0.15) is 0 Å². The maximum atomic E-state index is 11.0. The molecule has 42 valence electrons. The number of halogens is 3. The first-order valence-electron chi connectivity index (χ1n) is 1.34. The third-order valence-electron chi connectivity index (χ3n) is 0.276. The normalized spacial score (nSPS) is 12.9. The maximum absolute atomic E-state index is 11.0. The van der Waals surface area contributed by atoms with Crippen molar-refractivity contribution in [2.75, 3.05) is 0 Å². The van der Waals surface area contributed by atoms with Gasteiger partial charge in [0.2, 0.25) is 0 Å². The SMILES string of the molecule is ON=C(F)C(F)F. The Morgan fingerprint density at radius 2 is 2.00 bits per heavy atom. The van der Waals surface area contributed by atoms with E-state index in [4.69, 9.17) is 5.21 Å². The summed E-state index contributed by atoms with van der Waals surface area (Å²) in [6, 6.07) is 0. The number of oxime groups is 1. The summed E-state index contributed by atoms with van der Waals surface area (Å²) in [7, 11) is 0. The molecule has 0 bridgehead atoms. The zero-order chi connectivity index (χ0) is 5.86. The molecule has 0 atom stereocenters. The molecule has 1 N–H and O–H groups in total. The molecule has 0 heterocycles. The highest BCUT2D eigenvalue weighted by molar-refractivity contribution is 5.77. The number of nitrogens with zero attached hydrogens (tertiary/aromatic N) is 1. The fourth-order valence-corrected chi connectivity index (χ4v) is 0.0436. The fourth-order valence-electron chi connectivity index (χ4n) is 0.0436. The van der Waals surface area contributed by atoms with E-state index in [-0.39, 0.29) is 0 Å². The second kappa shape index (κ2) is 2.44. The predicted octanol–water partition coefficient (Wildman–Crippen LogP) is 1.01. The van der Waals surface area contributed by atoms with Crippen molar-refractivity contribution >= 4 is 5.97 Å². The summed E-state index contributed by atoms with van der Waals surface area (Å²) >= 11 is 0. The lowest BCUT2D eigenvalue weighted by Gasteiger charge is -1.84. The largest absolute Gasteiger partial charge is 0.409 e. The van der Waals surface area contributed by atoms with E-state index in [9.17, 15) is 13.2 Å². The van der Waals surface area contributed by atoms with Gasteiger partial charge in [0.05, 0.1) is 0 Å². The predicted molar refractivity (Wildman–Crippen MR) is 16.3 cm³/mol. The number of rotatable bonds is 1. The average Bonchev–Trinajstić information content (AvgIpc) is 1.65. The molecular formula is C2H2F3NO. The lowest BCUT2D eigenvalue weighted by molar-refractivity contribution is 0.197. The minimum atomic E-state index is -3.30. The number of hydrogen-bond donors (Lipinski definition) is 1. The molecule has 0 saturated carbocycles. The van der Waals surface area contributed by atoms with E-state index in [2.05, 4.69) is 0 Å². The monoisotopic (exact) mass is 113 g/mol. The zero-order valence-electron chi connectivity index (χ0n) is 3.11. The van der Waals surface area contributed by atoms with E-state index in [0.717, 1.165) is 0 Å². The zero-order valence-corrected chi connectivity index (χ0v) is 3.11. The number of alkyl halides is 2. The van der Waals surface area contributed by atoms with Crippen LogP contribution in [0.2, 0.25) is 0 Å². The average molecular weight is 113 g/mol. The highest BCUT2D eigenvalue weighted by Crippen LogP contribution is 1.95. The third kappa shape index (κ3) is 2.02. The van der Waals surface area contributed by atoms with E-state index in [0.29, 0.717) is 0 Å². The van der Waals surface area contributed by atoms with Crippen molar-refractivity contribution in [3.63, 3.8) is 0 Å². The van der Waals surface area contributed by atoms with Gasteiger partial charge in [-0.25, -0.2) is 8.78 Å². The van der Waals surface area contributed by atoms with Gasteiger partial charge in [0.1, 0.15) is 0 Å². The molecule has 7 heavy (non-hydrogen) atoms. The third-order valence-corrected chi connectivity index (χ3v) is 0.276. The summed E-state index contributed by atoms with van der Waals surface area (Å²) in [5.74, 6) is -2.06. The van der Waals surface area contributed by atoms with Crippen molar-refractivity contribution in [3.05, 3.63) is 0 Å². The minimum Gasteiger partial charge on any atom is -0.409 e. The summed E-state index contributed by atoms with van der Waals surface area (Å²) in [5.41, 5.74) is 0. The summed E-state index contributed by atoms with van der Waals surface area (Å²) in [6.07, 6.45) is -3.30. The summed E-state index contributed by atoms with van der Waals surface area (Å²) in [5, 5.41) is 8.83. The molecule has 0 spiro atoms. The molecule has 0 aliphatic heterocycles. The van der Waals surface area contributed by atoms with E-state index >= 15 is 0 Å². The highest BCUT2D eigenvalue weighted by Gasteiger charge is 2.10.